The zero-order valence-corrected chi connectivity index (χ0v) is 8.91. The maximum Gasteiger partial charge on any atom is 0.237 e. The molecule has 78 valence electrons. The van der Waals surface area contributed by atoms with Gasteiger partial charge in [-0.2, -0.15) is 9.98 Å². The number of aliphatic imine (C=N–C) groups is 2. The van der Waals surface area contributed by atoms with Crippen LogP contribution in [0.1, 0.15) is 40.0 Å². The average molecular weight is 196 g/mol. The monoisotopic (exact) mass is 196 g/mol. The minimum atomic E-state index is -0.590. The van der Waals surface area contributed by atoms with E-state index in [2.05, 4.69) is 30.8 Å². The van der Waals surface area contributed by atoms with Crippen LogP contribution in [0.25, 0.3) is 0 Å². The fraction of sp³-hybridized carbons (Fsp3) is 0.800. The van der Waals surface area contributed by atoms with E-state index in [0.717, 1.165) is 12.8 Å². The summed E-state index contributed by atoms with van der Waals surface area (Å²) in [5.74, 6) is 0. The Morgan fingerprint density at radius 1 is 1.14 bits per heavy atom. The van der Waals surface area contributed by atoms with Gasteiger partial charge in [-0.25, -0.2) is 9.59 Å². The van der Waals surface area contributed by atoms with Gasteiger partial charge in [0.1, 0.15) is 0 Å². The van der Waals surface area contributed by atoms with Crippen LogP contribution in [0.3, 0.4) is 0 Å². The maximum absolute atomic E-state index is 9.97. The Bertz CT molecular complexity index is 238. The highest BCUT2D eigenvalue weighted by molar-refractivity contribution is 5.36. The first-order chi connectivity index (χ1) is 6.49. The third kappa shape index (κ3) is 7.41. The van der Waals surface area contributed by atoms with Crippen LogP contribution in [-0.4, -0.2) is 18.3 Å². The quantitative estimate of drug-likeness (QED) is 0.500. The standard InChI is InChI=1S/C10H16N2O2/c1-10(2,3)6-4-5-9(11-7-13)12-8-14/h9H,4-6H2,1-3H3. The largest absolute Gasteiger partial charge is 0.237 e. The molecule has 0 aliphatic rings. The topological polar surface area (TPSA) is 58.9 Å². The van der Waals surface area contributed by atoms with Crippen molar-refractivity contribution in [2.24, 2.45) is 15.4 Å². The lowest BCUT2D eigenvalue weighted by Gasteiger charge is -2.17. The molecule has 0 aromatic heterocycles. The van der Waals surface area contributed by atoms with Gasteiger partial charge in [-0.3, -0.25) is 0 Å². The van der Waals surface area contributed by atoms with E-state index < -0.39 is 6.17 Å². The highest BCUT2D eigenvalue weighted by Crippen LogP contribution is 2.22. The van der Waals surface area contributed by atoms with E-state index in [0.29, 0.717) is 6.42 Å². The average Bonchev–Trinajstić information content (AvgIpc) is 2.02. The van der Waals surface area contributed by atoms with Crippen molar-refractivity contribution in [3.8, 4) is 0 Å². The Balaban J connectivity index is 3.95. The molecule has 0 aliphatic carbocycles. The molecule has 0 unspecified atom stereocenters. The molecular formula is C10H16N2O2. The first-order valence-electron chi connectivity index (χ1n) is 4.63. The van der Waals surface area contributed by atoms with Gasteiger partial charge >= 0.3 is 0 Å². The van der Waals surface area contributed by atoms with Crippen molar-refractivity contribution in [3.05, 3.63) is 0 Å². The van der Waals surface area contributed by atoms with Crippen molar-refractivity contribution < 1.29 is 9.59 Å². The Labute approximate surface area is 84.1 Å². The fourth-order valence-corrected chi connectivity index (χ4v) is 1.09. The summed E-state index contributed by atoms with van der Waals surface area (Å²) in [5, 5.41) is 0. The second-order valence-electron chi connectivity index (χ2n) is 4.37. The van der Waals surface area contributed by atoms with Crippen molar-refractivity contribution in [1.29, 1.82) is 0 Å². The van der Waals surface area contributed by atoms with Gasteiger partial charge in [0, 0.05) is 0 Å². The number of isocyanates is 2. The van der Waals surface area contributed by atoms with Crippen LogP contribution in [0.5, 0.6) is 0 Å². The minimum Gasteiger partial charge on any atom is -0.211 e. The van der Waals surface area contributed by atoms with E-state index in [1.54, 1.807) is 0 Å². The van der Waals surface area contributed by atoms with Crippen LogP contribution in [0.4, 0.5) is 0 Å². The molecule has 4 nitrogen and oxygen atoms in total. The van der Waals surface area contributed by atoms with E-state index in [1.807, 2.05) is 0 Å². The van der Waals surface area contributed by atoms with Crippen LogP contribution in [-0.2, 0) is 9.59 Å². The van der Waals surface area contributed by atoms with Crippen LogP contribution < -0.4 is 0 Å². The van der Waals surface area contributed by atoms with Crippen LogP contribution >= 0.6 is 0 Å². The molecule has 0 heterocycles. The van der Waals surface area contributed by atoms with Gasteiger partial charge in [-0.1, -0.05) is 20.8 Å². The van der Waals surface area contributed by atoms with E-state index in [-0.39, 0.29) is 5.41 Å². The number of hydrogen-bond acceptors (Lipinski definition) is 4. The van der Waals surface area contributed by atoms with E-state index in [1.165, 1.54) is 12.2 Å². The third-order valence-corrected chi connectivity index (χ3v) is 1.79. The molecule has 0 rings (SSSR count). The Morgan fingerprint density at radius 2 is 1.64 bits per heavy atom. The van der Waals surface area contributed by atoms with Crippen LogP contribution in [0.2, 0.25) is 0 Å². The van der Waals surface area contributed by atoms with E-state index in [9.17, 15) is 9.59 Å². The van der Waals surface area contributed by atoms with Crippen molar-refractivity contribution >= 4 is 12.2 Å². The SMILES string of the molecule is CC(C)(C)CCCC(N=C=O)N=C=O. The van der Waals surface area contributed by atoms with Gasteiger partial charge in [-0.15, -0.1) is 0 Å². The number of hydrogen-bond donors (Lipinski definition) is 0. The fourth-order valence-electron chi connectivity index (χ4n) is 1.09. The molecule has 0 fully saturated rings. The lowest BCUT2D eigenvalue weighted by Crippen LogP contribution is -2.07. The van der Waals surface area contributed by atoms with E-state index >= 15 is 0 Å². The first-order valence-corrected chi connectivity index (χ1v) is 4.63. The summed E-state index contributed by atoms with van der Waals surface area (Å²) < 4.78 is 0. The molecule has 0 saturated carbocycles. The summed E-state index contributed by atoms with van der Waals surface area (Å²) in [6.45, 7) is 6.40. The highest BCUT2D eigenvalue weighted by atomic mass is 16.1. The van der Waals surface area contributed by atoms with Crippen LogP contribution in [0.15, 0.2) is 9.98 Å². The molecule has 0 aromatic carbocycles. The summed E-state index contributed by atoms with van der Waals surface area (Å²) in [6.07, 6.45) is 4.70. The summed E-state index contributed by atoms with van der Waals surface area (Å²) >= 11 is 0. The van der Waals surface area contributed by atoms with Crippen molar-refractivity contribution in [1.82, 2.24) is 0 Å². The van der Waals surface area contributed by atoms with Crippen molar-refractivity contribution in [2.45, 2.75) is 46.2 Å². The Morgan fingerprint density at radius 3 is 2.00 bits per heavy atom. The Hall–Kier alpha value is -1.24. The lowest BCUT2D eigenvalue weighted by molar-refractivity contribution is 0.353. The number of rotatable bonds is 5. The second kappa shape index (κ2) is 6.25. The maximum atomic E-state index is 9.97. The van der Waals surface area contributed by atoms with Gasteiger partial charge < -0.3 is 0 Å². The molecule has 0 radical (unpaired) electrons. The molecule has 0 atom stereocenters. The van der Waals surface area contributed by atoms with E-state index in [4.69, 9.17) is 0 Å². The molecule has 0 N–H and O–H groups in total. The zero-order valence-electron chi connectivity index (χ0n) is 8.91. The highest BCUT2D eigenvalue weighted by Gasteiger charge is 2.11. The molecule has 0 bridgehead atoms. The molecule has 14 heavy (non-hydrogen) atoms. The minimum absolute atomic E-state index is 0.250. The molecule has 0 amide bonds. The first kappa shape index (κ1) is 12.8. The summed E-state index contributed by atoms with van der Waals surface area (Å²) in [7, 11) is 0. The van der Waals surface area contributed by atoms with Gasteiger partial charge in [0.15, 0.2) is 6.17 Å². The van der Waals surface area contributed by atoms with Gasteiger partial charge in [0.25, 0.3) is 0 Å². The molecule has 0 spiro atoms. The molecule has 4 heteroatoms. The number of nitrogens with zero attached hydrogens (tertiary/aromatic N) is 2. The lowest BCUT2D eigenvalue weighted by atomic mass is 9.89. The van der Waals surface area contributed by atoms with Crippen molar-refractivity contribution in [3.63, 3.8) is 0 Å². The summed E-state index contributed by atoms with van der Waals surface area (Å²) in [5.41, 5.74) is 0.250. The number of carbonyl (C=O) groups excluding carboxylic acids is 2. The normalized spacial score (nSPS) is 12.5. The predicted octanol–water partition coefficient (Wildman–Crippen LogP) is 2.20. The molecule has 0 aliphatic heterocycles. The van der Waals surface area contributed by atoms with Gasteiger partial charge in [0.2, 0.25) is 12.2 Å². The van der Waals surface area contributed by atoms with Gasteiger partial charge in [0.05, 0.1) is 0 Å². The van der Waals surface area contributed by atoms with Crippen LogP contribution in [0, 0.1) is 5.41 Å². The molecule has 0 aromatic rings. The zero-order chi connectivity index (χ0) is 11.0. The second-order valence-corrected chi connectivity index (χ2v) is 4.37. The summed E-state index contributed by atoms with van der Waals surface area (Å²) in [4.78, 5) is 26.7. The van der Waals surface area contributed by atoms with Gasteiger partial charge in [-0.05, 0) is 24.7 Å². The Kier molecular flexibility index (Phi) is 5.70. The molecular weight excluding hydrogens is 180 g/mol. The third-order valence-electron chi connectivity index (χ3n) is 1.79. The van der Waals surface area contributed by atoms with Crippen molar-refractivity contribution in [2.75, 3.05) is 0 Å². The summed E-state index contributed by atoms with van der Waals surface area (Å²) in [6, 6.07) is 0. The smallest absolute Gasteiger partial charge is 0.211 e. The molecule has 0 saturated heterocycles. The predicted molar refractivity (Wildman–Crippen MR) is 53.3 cm³/mol.